The van der Waals surface area contributed by atoms with Gasteiger partial charge in [-0.3, -0.25) is 4.79 Å². The molecule has 0 radical (unpaired) electrons. The molecule has 1 N–H and O–H groups in total. The van der Waals surface area contributed by atoms with Gasteiger partial charge in [-0.1, -0.05) is 13.8 Å². The molecule has 0 aromatic rings. The van der Waals surface area contributed by atoms with Crippen molar-refractivity contribution in [1.82, 2.24) is 5.32 Å². The van der Waals surface area contributed by atoms with Crippen molar-refractivity contribution in [3.8, 4) is 0 Å². The zero-order chi connectivity index (χ0) is 10.3. The highest BCUT2D eigenvalue weighted by atomic mass is 16.1. The predicted molar refractivity (Wildman–Crippen MR) is 52.7 cm³/mol. The first-order chi connectivity index (χ1) is 6.07. The Balaban J connectivity index is 3.80. The fourth-order valence-electron chi connectivity index (χ4n) is 1.21. The van der Waals surface area contributed by atoms with Crippen LogP contribution in [-0.4, -0.2) is 24.2 Å². The topological polar surface area (TPSA) is 46.2 Å². The first-order valence-electron chi connectivity index (χ1n) is 4.78. The Hall–Kier alpha value is -0.700. The standard InChI is InChI=1S/C10H19NO2/c1-8(2)11-10(9(3)13)6-4-5-7-12/h7-8,10-11H,4-6H2,1-3H3. The summed E-state index contributed by atoms with van der Waals surface area (Å²) in [5.74, 6) is 0.152. The lowest BCUT2D eigenvalue weighted by Crippen LogP contribution is -2.39. The zero-order valence-corrected chi connectivity index (χ0v) is 8.67. The molecule has 0 bridgehead atoms. The number of carbonyl (C=O) groups excluding carboxylic acids is 2. The van der Waals surface area contributed by atoms with Gasteiger partial charge in [0.25, 0.3) is 0 Å². The van der Waals surface area contributed by atoms with E-state index in [-0.39, 0.29) is 11.8 Å². The molecule has 0 fully saturated rings. The average molecular weight is 185 g/mol. The fourth-order valence-corrected chi connectivity index (χ4v) is 1.21. The maximum atomic E-state index is 11.1. The van der Waals surface area contributed by atoms with E-state index in [2.05, 4.69) is 5.32 Å². The molecule has 76 valence electrons. The maximum Gasteiger partial charge on any atom is 0.146 e. The van der Waals surface area contributed by atoms with Crippen molar-refractivity contribution in [3.63, 3.8) is 0 Å². The molecule has 0 rings (SSSR count). The van der Waals surface area contributed by atoms with Gasteiger partial charge in [0.15, 0.2) is 0 Å². The monoisotopic (exact) mass is 185 g/mol. The molecule has 0 saturated heterocycles. The first kappa shape index (κ1) is 12.3. The summed E-state index contributed by atoms with van der Waals surface area (Å²) in [6.07, 6.45) is 2.98. The van der Waals surface area contributed by atoms with Gasteiger partial charge >= 0.3 is 0 Å². The number of Topliss-reactive ketones (excluding diaryl/α,β-unsaturated/α-hetero) is 1. The van der Waals surface area contributed by atoms with Crippen molar-refractivity contribution < 1.29 is 9.59 Å². The molecule has 0 spiro atoms. The second kappa shape index (κ2) is 6.78. The van der Waals surface area contributed by atoms with Crippen LogP contribution in [0.15, 0.2) is 0 Å². The van der Waals surface area contributed by atoms with Gasteiger partial charge in [0.05, 0.1) is 6.04 Å². The largest absolute Gasteiger partial charge is 0.305 e. The highest BCUT2D eigenvalue weighted by Gasteiger charge is 2.13. The van der Waals surface area contributed by atoms with Gasteiger partial charge in [0, 0.05) is 12.5 Å². The molecule has 0 heterocycles. The quantitative estimate of drug-likeness (QED) is 0.480. The third-order valence-electron chi connectivity index (χ3n) is 1.84. The van der Waals surface area contributed by atoms with E-state index in [4.69, 9.17) is 0 Å². The lowest BCUT2D eigenvalue weighted by atomic mass is 10.1. The lowest BCUT2D eigenvalue weighted by molar-refractivity contribution is -0.119. The van der Waals surface area contributed by atoms with E-state index in [0.29, 0.717) is 12.5 Å². The molecule has 13 heavy (non-hydrogen) atoms. The van der Waals surface area contributed by atoms with Gasteiger partial charge in [-0.25, -0.2) is 0 Å². The number of carbonyl (C=O) groups is 2. The van der Waals surface area contributed by atoms with E-state index in [1.165, 1.54) is 0 Å². The Labute approximate surface area is 79.9 Å². The molecule has 1 unspecified atom stereocenters. The summed E-state index contributed by atoms with van der Waals surface area (Å²) in [5, 5.41) is 3.17. The molecule has 0 saturated carbocycles. The minimum Gasteiger partial charge on any atom is -0.305 e. The average Bonchev–Trinajstić information content (AvgIpc) is 2.02. The van der Waals surface area contributed by atoms with Gasteiger partial charge < -0.3 is 10.1 Å². The predicted octanol–water partition coefficient (Wildman–Crippen LogP) is 1.31. The molecule has 0 aromatic carbocycles. The van der Waals surface area contributed by atoms with Gasteiger partial charge in [-0.2, -0.15) is 0 Å². The van der Waals surface area contributed by atoms with E-state index in [0.717, 1.165) is 19.1 Å². The molecule has 3 nitrogen and oxygen atoms in total. The lowest BCUT2D eigenvalue weighted by Gasteiger charge is -2.17. The summed E-state index contributed by atoms with van der Waals surface area (Å²) < 4.78 is 0. The van der Waals surface area contributed by atoms with Gasteiger partial charge in [-0.15, -0.1) is 0 Å². The van der Waals surface area contributed by atoms with Crippen molar-refractivity contribution in [2.75, 3.05) is 0 Å². The number of rotatable bonds is 7. The van der Waals surface area contributed by atoms with Crippen LogP contribution in [0.2, 0.25) is 0 Å². The summed E-state index contributed by atoms with van der Waals surface area (Å²) >= 11 is 0. The molecule has 1 atom stereocenters. The van der Waals surface area contributed by atoms with E-state index in [1.807, 2.05) is 13.8 Å². The van der Waals surface area contributed by atoms with E-state index >= 15 is 0 Å². The Morgan fingerprint density at radius 2 is 2.08 bits per heavy atom. The summed E-state index contributed by atoms with van der Waals surface area (Å²) in [6, 6.07) is 0.227. The third-order valence-corrected chi connectivity index (χ3v) is 1.84. The van der Waals surface area contributed by atoms with Crippen LogP contribution < -0.4 is 5.32 Å². The summed E-state index contributed by atoms with van der Waals surface area (Å²) in [4.78, 5) is 21.2. The number of nitrogens with one attached hydrogen (secondary N) is 1. The molecule has 3 heteroatoms. The van der Waals surface area contributed by atoms with Crippen LogP contribution in [0.25, 0.3) is 0 Å². The Bertz CT molecular complexity index is 166. The van der Waals surface area contributed by atoms with E-state index < -0.39 is 0 Å². The van der Waals surface area contributed by atoms with Crippen molar-refractivity contribution in [3.05, 3.63) is 0 Å². The molecule has 0 aliphatic rings. The molecule has 0 aliphatic heterocycles. The van der Waals surface area contributed by atoms with E-state index in [1.54, 1.807) is 6.92 Å². The van der Waals surface area contributed by atoms with Crippen LogP contribution in [0.5, 0.6) is 0 Å². The number of unbranched alkanes of at least 4 members (excludes halogenated alkanes) is 1. The minimum atomic E-state index is -0.0834. The van der Waals surface area contributed by atoms with Crippen molar-refractivity contribution in [1.29, 1.82) is 0 Å². The smallest absolute Gasteiger partial charge is 0.146 e. The third kappa shape index (κ3) is 6.46. The molecule has 0 aromatic heterocycles. The van der Waals surface area contributed by atoms with Gasteiger partial charge in [0.2, 0.25) is 0 Å². The van der Waals surface area contributed by atoms with Gasteiger partial charge in [0.1, 0.15) is 12.1 Å². The molecule has 0 aliphatic carbocycles. The Kier molecular flexibility index (Phi) is 6.41. The number of hydrogen-bond acceptors (Lipinski definition) is 3. The Morgan fingerprint density at radius 1 is 1.46 bits per heavy atom. The molecular formula is C10H19NO2. The minimum absolute atomic E-state index is 0.0834. The summed E-state index contributed by atoms with van der Waals surface area (Å²) in [5.41, 5.74) is 0. The second-order valence-corrected chi connectivity index (χ2v) is 3.58. The van der Waals surface area contributed by atoms with Crippen LogP contribution in [-0.2, 0) is 9.59 Å². The van der Waals surface area contributed by atoms with Crippen LogP contribution in [0, 0.1) is 0 Å². The fraction of sp³-hybridized carbons (Fsp3) is 0.800. The molecule has 0 amide bonds. The van der Waals surface area contributed by atoms with Crippen LogP contribution in [0.3, 0.4) is 0 Å². The summed E-state index contributed by atoms with van der Waals surface area (Å²) in [6.45, 7) is 5.60. The zero-order valence-electron chi connectivity index (χ0n) is 8.67. The molecular weight excluding hydrogens is 166 g/mol. The second-order valence-electron chi connectivity index (χ2n) is 3.58. The number of hydrogen-bond donors (Lipinski definition) is 1. The van der Waals surface area contributed by atoms with Crippen molar-refractivity contribution in [2.45, 2.75) is 52.1 Å². The highest BCUT2D eigenvalue weighted by molar-refractivity contribution is 5.81. The number of aldehydes is 1. The Morgan fingerprint density at radius 3 is 2.46 bits per heavy atom. The van der Waals surface area contributed by atoms with Crippen LogP contribution in [0.4, 0.5) is 0 Å². The summed E-state index contributed by atoms with van der Waals surface area (Å²) in [7, 11) is 0. The van der Waals surface area contributed by atoms with Crippen LogP contribution in [0.1, 0.15) is 40.0 Å². The van der Waals surface area contributed by atoms with Gasteiger partial charge in [-0.05, 0) is 19.8 Å². The number of ketones is 1. The van der Waals surface area contributed by atoms with E-state index in [9.17, 15) is 9.59 Å². The normalized spacial score (nSPS) is 12.9. The van der Waals surface area contributed by atoms with Crippen molar-refractivity contribution >= 4 is 12.1 Å². The van der Waals surface area contributed by atoms with Crippen molar-refractivity contribution in [2.24, 2.45) is 0 Å². The maximum absolute atomic E-state index is 11.1. The highest BCUT2D eigenvalue weighted by Crippen LogP contribution is 2.02. The SMILES string of the molecule is CC(=O)C(CCCC=O)NC(C)C. The first-order valence-corrected chi connectivity index (χ1v) is 4.78. The van der Waals surface area contributed by atoms with Crippen LogP contribution >= 0.6 is 0 Å².